The van der Waals surface area contributed by atoms with Gasteiger partial charge in [-0.05, 0) is 52.4 Å². The molecule has 0 aliphatic carbocycles. The van der Waals surface area contributed by atoms with Crippen LogP contribution in [0, 0.1) is 0 Å². The van der Waals surface area contributed by atoms with Gasteiger partial charge in [-0.2, -0.15) is 4.68 Å². The van der Waals surface area contributed by atoms with Crippen LogP contribution in [0.2, 0.25) is 10.0 Å². The minimum atomic E-state index is -0.127. The van der Waals surface area contributed by atoms with Crippen LogP contribution in [-0.4, -0.2) is 25.3 Å². The van der Waals surface area contributed by atoms with E-state index in [1.807, 2.05) is 54.6 Å². The Kier molecular flexibility index (Phi) is 5.50. The number of phenolic OH excluding ortho intramolecular Hbond substituents is 1. The third kappa shape index (κ3) is 4.42. The first-order chi connectivity index (χ1) is 14.1. The van der Waals surface area contributed by atoms with Crippen molar-refractivity contribution in [1.82, 2.24) is 20.2 Å². The fourth-order valence-corrected chi connectivity index (χ4v) is 3.11. The number of anilines is 1. The molecule has 0 aliphatic heterocycles. The Hall–Kier alpha value is -3.29. The Morgan fingerprint density at radius 1 is 0.966 bits per heavy atom. The second kappa shape index (κ2) is 8.38. The van der Waals surface area contributed by atoms with E-state index in [4.69, 9.17) is 27.9 Å². The number of benzene rings is 3. The smallest absolute Gasteiger partial charge is 0.345 e. The maximum atomic E-state index is 9.62. The Bertz CT molecular complexity index is 1090. The number of rotatable bonds is 6. The highest BCUT2D eigenvalue weighted by Crippen LogP contribution is 2.34. The lowest BCUT2D eigenvalue weighted by Gasteiger charge is -2.10. The van der Waals surface area contributed by atoms with Crippen LogP contribution in [0.15, 0.2) is 66.7 Å². The molecule has 0 fully saturated rings. The highest BCUT2D eigenvalue weighted by molar-refractivity contribution is 6.37. The molecule has 0 saturated heterocycles. The van der Waals surface area contributed by atoms with Gasteiger partial charge in [0.25, 0.3) is 0 Å². The number of para-hydroxylation sites is 1. The number of nitrogens with zero attached hydrogens (tertiary/aromatic N) is 4. The monoisotopic (exact) mass is 427 g/mol. The van der Waals surface area contributed by atoms with Crippen LogP contribution < -0.4 is 10.1 Å². The van der Waals surface area contributed by atoms with Gasteiger partial charge < -0.3 is 15.2 Å². The molecule has 4 rings (SSSR count). The van der Waals surface area contributed by atoms with Crippen LogP contribution in [0.4, 0.5) is 5.69 Å². The summed E-state index contributed by atoms with van der Waals surface area (Å²) in [6.45, 7) is 0.541. The van der Waals surface area contributed by atoms with Gasteiger partial charge in [-0.25, -0.2) is 0 Å². The van der Waals surface area contributed by atoms with E-state index in [0.29, 0.717) is 18.0 Å². The van der Waals surface area contributed by atoms with E-state index in [1.54, 1.807) is 12.1 Å². The van der Waals surface area contributed by atoms with Gasteiger partial charge in [0, 0.05) is 12.2 Å². The van der Waals surface area contributed by atoms with E-state index in [9.17, 15) is 5.11 Å². The summed E-state index contributed by atoms with van der Waals surface area (Å²) in [6.07, 6.45) is 0. The number of ether oxygens (including phenoxy) is 1. The molecule has 1 aromatic heterocycles. The van der Waals surface area contributed by atoms with Crippen molar-refractivity contribution < 1.29 is 9.84 Å². The first-order valence-electron chi connectivity index (χ1n) is 8.62. The lowest BCUT2D eigenvalue weighted by atomic mass is 10.2. The average Bonchev–Trinajstić information content (AvgIpc) is 3.20. The number of nitrogens with one attached hydrogen (secondary N) is 1. The second-order valence-corrected chi connectivity index (χ2v) is 6.91. The molecule has 0 spiro atoms. The molecule has 1 heterocycles. The molecular weight excluding hydrogens is 413 g/mol. The molecule has 0 radical (unpaired) electrons. The van der Waals surface area contributed by atoms with Gasteiger partial charge in [0.05, 0.1) is 15.7 Å². The number of aromatic hydroxyl groups is 1. The fourth-order valence-electron chi connectivity index (χ4n) is 2.63. The SMILES string of the molecule is Oc1c(Cl)cc(NCc2ccc(Oc3nnnn3-c3ccccc3)cc2)cc1Cl. The van der Waals surface area contributed by atoms with Gasteiger partial charge in [0.1, 0.15) is 5.75 Å². The predicted molar refractivity (Wildman–Crippen MR) is 111 cm³/mol. The van der Waals surface area contributed by atoms with Crippen molar-refractivity contribution in [3.63, 3.8) is 0 Å². The molecule has 2 N–H and O–H groups in total. The summed E-state index contributed by atoms with van der Waals surface area (Å²) in [4.78, 5) is 0. The largest absolute Gasteiger partial charge is 0.505 e. The average molecular weight is 428 g/mol. The van der Waals surface area contributed by atoms with Crippen molar-refractivity contribution in [3.05, 3.63) is 82.3 Å². The van der Waals surface area contributed by atoms with Crippen molar-refractivity contribution in [1.29, 1.82) is 0 Å². The first kappa shape index (κ1) is 19.0. The molecule has 0 atom stereocenters. The van der Waals surface area contributed by atoms with E-state index in [1.165, 1.54) is 4.68 Å². The number of tetrazole rings is 1. The lowest BCUT2D eigenvalue weighted by molar-refractivity contribution is 0.427. The van der Waals surface area contributed by atoms with Crippen LogP contribution in [-0.2, 0) is 6.54 Å². The molecule has 29 heavy (non-hydrogen) atoms. The quantitative estimate of drug-likeness (QED) is 0.417. The normalized spacial score (nSPS) is 10.7. The van der Waals surface area contributed by atoms with Crippen molar-refractivity contribution in [2.75, 3.05) is 5.32 Å². The molecule has 0 amide bonds. The number of phenols is 1. The molecular formula is C20H15Cl2N5O2. The van der Waals surface area contributed by atoms with Gasteiger partial charge >= 0.3 is 6.01 Å². The van der Waals surface area contributed by atoms with Gasteiger partial charge in [-0.15, -0.1) is 0 Å². The topological polar surface area (TPSA) is 85.1 Å². The molecule has 0 unspecified atom stereocenters. The Morgan fingerprint density at radius 2 is 1.66 bits per heavy atom. The summed E-state index contributed by atoms with van der Waals surface area (Å²) in [5, 5.41) is 24.8. The zero-order valence-corrected chi connectivity index (χ0v) is 16.5. The maximum absolute atomic E-state index is 9.62. The standard InChI is InChI=1S/C20H15Cl2N5O2/c21-17-10-14(11-18(22)19(17)28)23-12-13-6-8-16(9-7-13)29-20-24-25-26-27(20)15-4-2-1-3-5-15/h1-11,23,28H,12H2. The third-order valence-electron chi connectivity index (χ3n) is 4.09. The van der Waals surface area contributed by atoms with E-state index in [2.05, 4.69) is 20.8 Å². The van der Waals surface area contributed by atoms with Crippen LogP contribution in [0.3, 0.4) is 0 Å². The highest BCUT2D eigenvalue weighted by Gasteiger charge is 2.10. The van der Waals surface area contributed by atoms with E-state index in [-0.39, 0.29) is 21.8 Å². The first-order valence-corrected chi connectivity index (χ1v) is 9.38. The van der Waals surface area contributed by atoms with Crippen molar-refractivity contribution in [2.45, 2.75) is 6.54 Å². The summed E-state index contributed by atoms with van der Waals surface area (Å²) < 4.78 is 7.33. The third-order valence-corrected chi connectivity index (χ3v) is 4.66. The van der Waals surface area contributed by atoms with Crippen LogP contribution >= 0.6 is 23.2 Å². The minimum Gasteiger partial charge on any atom is -0.505 e. The Morgan fingerprint density at radius 3 is 2.34 bits per heavy atom. The molecule has 4 aromatic rings. The van der Waals surface area contributed by atoms with Gasteiger partial charge in [0.15, 0.2) is 5.75 Å². The van der Waals surface area contributed by atoms with Gasteiger partial charge in [-0.1, -0.05) is 58.6 Å². The molecule has 7 nitrogen and oxygen atoms in total. The predicted octanol–water partition coefficient (Wildman–Crippen LogP) is 5.08. The number of halogens is 2. The number of hydrogen-bond acceptors (Lipinski definition) is 6. The molecule has 0 bridgehead atoms. The van der Waals surface area contributed by atoms with Gasteiger partial charge in [-0.3, -0.25) is 0 Å². The summed E-state index contributed by atoms with van der Waals surface area (Å²) in [5.74, 6) is 0.481. The molecule has 3 aromatic carbocycles. The zero-order chi connectivity index (χ0) is 20.2. The van der Waals surface area contributed by atoms with Crippen LogP contribution in [0.5, 0.6) is 17.5 Å². The van der Waals surface area contributed by atoms with Crippen LogP contribution in [0.25, 0.3) is 5.69 Å². The Balaban J connectivity index is 1.42. The molecule has 0 aliphatic rings. The van der Waals surface area contributed by atoms with Crippen molar-refractivity contribution in [3.8, 4) is 23.2 Å². The van der Waals surface area contributed by atoms with E-state index >= 15 is 0 Å². The molecule has 9 heteroatoms. The summed E-state index contributed by atoms with van der Waals surface area (Å²) >= 11 is 11.9. The van der Waals surface area contributed by atoms with E-state index in [0.717, 1.165) is 11.3 Å². The van der Waals surface area contributed by atoms with Crippen molar-refractivity contribution in [2.24, 2.45) is 0 Å². The van der Waals surface area contributed by atoms with Crippen molar-refractivity contribution >= 4 is 28.9 Å². The van der Waals surface area contributed by atoms with Gasteiger partial charge in [0.2, 0.25) is 0 Å². The minimum absolute atomic E-state index is 0.127. The summed E-state index contributed by atoms with van der Waals surface area (Å²) in [6, 6.07) is 20.5. The number of hydrogen-bond donors (Lipinski definition) is 2. The molecule has 146 valence electrons. The van der Waals surface area contributed by atoms with E-state index < -0.39 is 0 Å². The number of aromatic nitrogens is 4. The van der Waals surface area contributed by atoms with Crippen LogP contribution in [0.1, 0.15) is 5.56 Å². The molecule has 0 saturated carbocycles. The summed E-state index contributed by atoms with van der Waals surface area (Å²) in [7, 11) is 0. The second-order valence-electron chi connectivity index (χ2n) is 6.10. The lowest BCUT2D eigenvalue weighted by Crippen LogP contribution is -2.01. The zero-order valence-electron chi connectivity index (χ0n) is 15.0. The highest BCUT2D eigenvalue weighted by atomic mass is 35.5. The maximum Gasteiger partial charge on any atom is 0.345 e. The summed E-state index contributed by atoms with van der Waals surface area (Å²) in [5.41, 5.74) is 2.53. The fraction of sp³-hybridized carbons (Fsp3) is 0.0500. The Labute approximate surface area is 176 Å².